The molecule has 0 radical (unpaired) electrons. The summed E-state index contributed by atoms with van der Waals surface area (Å²) >= 11 is 11.1. The molecule has 2 aromatic rings. The highest BCUT2D eigenvalue weighted by molar-refractivity contribution is 7.71. The van der Waals surface area contributed by atoms with Crippen LogP contribution in [-0.4, -0.2) is 10.2 Å². The summed E-state index contributed by atoms with van der Waals surface area (Å²) in [5.74, 6) is 0. The second-order valence-corrected chi connectivity index (χ2v) is 4.55. The first-order valence-electron chi connectivity index (χ1n) is 4.91. The monoisotopic (exact) mass is 250 g/mol. The number of benzene rings is 1. The van der Waals surface area contributed by atoms with Gasteiger partial charge >= 0.3 is 0 Å². The van der Waals surface area contributed by atoms with Crippen LogP contribution < -0.4 is 0 Å². The number of rotatable bonds is 1. The molecule has 0 fully saturated rings. The molecule has 0 saturated carbocycles. The Hall–Kier alpha value is -1.19. The lowest BCUT2D eigenvalue weighted by Gasteiger charge is -2.07. The molecule has 0 aliphatic heterocycles. The molecule has 4 heteroatoms. The van der Waals surface area contributed by atoms with Crippen molar-refractivity contribution in [3.8, 4) is 11.1 Å². The van der Waals surface area contributed by atoms with Crippen molar-refractivity contribution < 1.29 is 0 Å². The molecule has 0 atom stereocenters. The Kier molecular flexibility index (Phi) is 3.08. The predicted octanol–water partition coefficient (Wildman–Crippen LogP) is 4.08. The number of H-pyrrole nitrogens is 1. The van der Waals surface area contributed by atoms with Crippen LogP contribution in [0.5, 0.6) is 0 Å². The van der Waals surface area contributed by atoms with Gasteiger partial charge in [-0.1, -0.05) is 47.6 Å². The Morgan fingerprint density at radius 3 is 2.69 bits per heavy atom. The maximum atomic E-state index is 5.87. The number of hydrogen-bond acceptors (Lipinski definition) is 2. The molecule has 0 unspecified atom stereocenters. The van der Waals surface area contributed by atoms with Crippen molar-refractivity contribution >= 4 is 23.8 Å². The molecule has 1 heterocycles. The van der Waals surface area contributed by atoms with Crippen LogP contribution in [0.4, 0.5) is 0 Å². The van der Waals surface area contributed by atoms with Gasteiger partial charge in [0, 0.05) is 5.56 Å². The SMILES string of the molecule is Cc1ccc(C)c(-c2cc(Cl)n[nH]c2=S)c1. The average Bonchev–Trinajstić information content (AvgIpc) is 2.25. The van der Waals surface area contributed by atoms with Gasteiger partial charge in [-0.2, -0.15) is 5.10 Å². The maximum Gasteiger partial charge on any atom is 0.150 e. The molecule has 0 aliphatic rings. The Morgan fingerprint density at radius 2 is 1.94 bits per heavy atom. The lowest BCUT2D eigenvalue weighted by molar-refractivity contribution is 1.02. The van der Waals surface area contributed by atoms with Gasteiger partial charge in [-0.05, 0) is 31.0 Å². The normalized spacial score (nSPS) is 10.4. The molecule has 0 amide bonds. The third-order valence-electron chi connectivity index (χ3n) is 2.46. The molecule has 0 saturated heterocycles. The Bertz CT molecular complexity index is 590. The zero-order valence-corrected chi connectivity index (χ0v) is 10.6. The number of aromatic nitrogens is 2. The van der Waals surface area contributed by atoms with Crippen LogP contribution in [0, 0.1) is 18.5 Å². The molecule has 1 aromatic carbocycles. The fourth-order valence-corrected chi connectivity index (χ4v) is 1.97. The Balaban J connectivity index is 2.71. The minimum atomic E-state index is 0.421. The summed E-state index contributed by atoms with van der Waals surface area (Å²) in [6.45, 7) is 4.11. The topological polar surface area (TPSA) is 28.7 Å². The first-order chi connectivity index (χ1) is 7.58. The van der Waals surface area contributed by atoms with Crippen LogP contribution in [0.3, 0.4) is 0 Å². The van der Waals surface area contributed by atoms with Crippen molar-refractivity contribution in [2.75, 3.05) is 0 Å². The van der Waals surface area contributed by atoms with Gasteiger partial charge in [-0.15, -0.1) is 0 Å². The minimum Gasteiger partial charge on any atom is -0.266 e. The van der Waals surface area contributed by atoms with Gasteiger partial charge in [0.2, 0.25) is 0 Å². The number of aryl methyl sites for hydroxylation is 2. The quantitative estimate of drug-likeness (QED) is 0.773. The zero-order chi connectivity index (χ0) is 11.7. The van der Waals surface area contributed by atoms with Crippen LogP contribution in [-0.2, 0) is 0 Å². The van der Waals surface area contributed by atoms with Crippen LogP contribution in [0.25, 0.3) is 11.1 Å². The summed E-state index contributed by atoms with van der Waals surface area (Å²) in [4.78, 5) is 0. The van der Waals surface area contributed by atoms with E-state index in [2.05, 4.69) is 42.2 Å². The van der Waals surface area contributed by atoms with Gasteiger partial charge in [-0.25, -0.2) is 0 Å². The summed E-state index contributed by atoms with van der Waals surface area (Å²) in [6, 6.07) is 8.05. The summed E-state index contributed by atoms with van der Waals surface area (Å²) in [7, 11) is 0. The summed E-state index contributed by atoms with van der Waals surface area (Å²) in [5.41, 5.74) is 4.40. The number of nitrogens with one attached hydrogen (secondary N) is 1. The third kappa shape index (κ3) is 2.15. The van der Waals surface area contributed by atoms with E-state index in [-0.39, 0.29) is 0 Å². The second kappa shape index (κ2) is 4.36. The Labute approximate surface area is 104 Å². The van der Waals surface area contributed by atoms with E-state index in [1.54, 1.807) is 6.07 Å². The second-order valence-electron chi connectivity index (χ2n) is 3.75. The van der Waals surface area contributed by atoms with E-state index in [4.69, 9.17) is 23.8 Å². The van der Waals surface area contributed by atoms with Crippen LogP contribution >= 0.6 is 23.8 Å². The van der Waals surface area contributed by atoms with Gasteiger partial charge in [0.1, 0.15) is 9.79 Å². The molecule has 1 aromatic heterocycles. The lowest BCUT2D eigenvalue weighted by Crippen LogP contribution is -1.90. The minimum absolute atomic E-state index is 0.421. The molecule has 1 N–H and O–H groups in total. The lowest BCUT2D eigenvalue weighted by atomic mass is 10.0. The number of halogens is 1. The van der Waals surface area contributed by atoms with Gasteiger partial charge in [0.05, 0.1) is 0 Å². The van der Waals surface area contributed by atoms with Crippen molar-refractivity contribution in [2.24, 2.45) is 0 Å². The molecule has 2 rings (SSSR count). The molecule has 0 bridgehead atoms. The fourth-order valence-electron chi connectivity index (χ4n) is 1.61. The highest BCUT2D eigenvalue weighted by atomic mass is 35.5. The molecule has 82 valence electrons. The smallest absolute Gasteiger partial charge is 0.150 e. The van der Waals surface area contributed by atoms with E-state index in [1.165, 1.54) is 11.1 Å². The summed E-state index contributed by atoms with van der Waals surface area (Å²) in [5, 5.41) is 7.02. The van der Waals surface area contributed by atoms with Crippen molar-refractivity contribution in [3.05, 3.63) is 45.2 Å². The fraction of sp³-hybridized carbons (Fsp3) is 0.167. The highest BCUT2D eigenvalue weighted by Crippen LogP contribution is 2.26. The van der Waals surface area contributed by atoms with Crippen molar-refractivity contribution in [2.45, 2.75) is 13.8 Å². The first-order valence-corrected chi connectivity index (χ1v) is 5.69. The molecular weight excluding hydrogens is 240 g/mol. The van der Waals surface area contributed by atoms with E-state index in [0.29, 0.717) is 9.79 Å². The van der Waals surface area contributed by atoms with Gasteiger partial charge in [0.15, 0.2) is 0 Å². The van der Waals surface area contributed by atoms with Crippen molar-refractivity contribution in [3.63, 3.8) is 0 Å². The van der Waals surface area contributed by atoms with Crippen LogP contribution in [0.15, 0.2) is 24.3 Å². The van der Waals surface area contributed by atoms with Crippen LogP contribution in [0.2, 0.25) is 5.15 Å². The number of nitrogens with zero attached hydrogens (tertiary/aromatic N) is 1. The molecular formula is C12H11ClN2S. The van der Waals surface area contributed by atoms with Crippen LogP contribution in [0.1, 0.15) is 11.1 Å². The van der Waals surface area contributed by atoms with E-state index in [1.807, 2.05) is 0 Å². The molecule has 0 aliphatic carbocycles. The first kappa shape index (κ1) is 11.3. The van der Waals surface area contributed by atoms with Crippen molar-refractivity contribution in [1.29, 1.82) is 0 Å². The van der Waals surface area contributed by atoms with Gasteiger partial charge in [-0.3, -0.25) is 5.10 Å². The van der Waals surface area contributed by atoms with Gasteiger partial charge in [0.25, 0.3) is 0 Å². The van der Waals surface area contributed by atoms with E-state index in [0.717, 1.165) is 11.1 Å². The number of aromatic amines is 1. The molecule has 0 spiro atoms. The summed E-state index contributed by atoms with van der Waals surface area (Å²) < 4.78 is 0.609. The summed E-state index contributed by atoms with van der Waals surface area (Å²) in [6.07, 6.45) is 0. The van der Waals surface area contributed by atoms with Crippen molar-refractivity contribution in [1.82, 2.24) is 10.2 Å². The molecule has 16 heavy (non-hydrogen) atoms. The van der Waals surface area contributed by atoms with E-state index in [9.17, 15) is 0 Å². The van der Waals surface area contributed by atoms with E-state index < -0.39 is 0 Å². The zero-order valence-electron chi connectivity index (χ0n) is 9.04. The largest absolute Gasteiger partial charge is 0.266 e. The highest BCUT2D eigenvalue weighted by Gasteiger charge is 2.05. The third-order valence-corrected chi connectivity index (χ3v) is 2.96. The van der Waals surface area contributed by atoms with E-state index >= 15 is 0 Å². The number of hydrogen-bond donors (Lipinski definition) is 1. The average molecular weight is 251 g/mol. The Morgan fingerprint density at radius 1 is 1.19 bits per heavy atom. The predicted molar refractivity (Wildman–Crippen MR) is 69.3 cm³/mol. The maximum absolute atomic E-state index is 5.87. The van der Waals surface area contributed by atoms with Gasteiger partial charge < -0.3 is 0 Å². The molecule has 2 nitrogen and oxygen atoms in total. The standard InChI is InChI=1S/C12H11ClN2S/c1-7-3-4-8(2)9(5-7)10-6-11(13)14-15-12(10)16/h3-6H,1-2H3,(H,15,16).